The Morgan fingerprint density at radius 2 is 2.35 bits per heavy atom. The number of anilines is 1. The summed E-state index contributed by atoms with van der Waals surface area (Å²) >= 11 is 3.34. The highest BCUT2D eigenvalue weighted by Gasteiger charge is 2.33. The van der Waals surface area contributed by atoms with Crippen molar-refractivity contribution in [1.82, 2.24) is 0 Å². The first-order valence-corrected chi connectivity index (χ1v) is 6.17. The number of carbonyl (C=O) groups excluding carboxylic acids is 2. The highest BCUT2D eigenvalue weighted by atomic mass is 79.9. The van der Waals surface area contributed by atoms with E-state index in [-0.39, 0.29) is 12.5 Å². The fourth-order valence-electron chi connectivity index (χ4n) is 1.81. The van der Waals surface area contributed by atoms with Gasteiger partial charge >= 0.3 is 5.97 Å². The van der Waals surface area contributed by atoms with Crippen molar-refractivity contribution in [2.45, 2.75) is 13.3 Å². The zero-order valence-corrected chi connectivity index (χ0v) is 10.9. The second-order valence-corrected chi connectivity index (χ2v) is 4.72. The normalized spacial score (nSPS) is 18.2. The van der Waals surface area contributed by atoms with Gasteiger partial charge < -0.3 is 10.1 Å². The Bertz CT molecular complexity index is 473. The quantitative estimate of drug-likeness (QED) is 0.672. The van der Waals surface area contributed by atoms with E-state index in [0.717, 1.165) is 15.7 Å². The average Bonchev–Trinajstić information content (AvgIpc) is 2.28. The molecule has 0 spiro atoms. The van der Waals surface area contributed by atoms with Crippen LogP contribution in [-0.4, -0.2) is 18.5 Å². The third-order valence-corrected chi connectivity index (χ3v) is 3.13. The molecule has 5 heteroatoms. The van der Waals surface area contributed by atoms with Gasteiger partial charge in [-0.2, -0.15) is 0 Å². The first kappa shape index (κ1) is 12.1. The zero-order valence-electron chi connectivity index (χ0n) is 9.33. The van der Waals surface area contributed by atoms with Crippen molar-refractivity contribution < 1.29 is 14.3 Å². The predicted molar refractivity (Wildman–Crippen MR) is 66.6 cm³/mol. The SMILES string of the molecule is CCOC(=O)[C@@H]1Cc2ccc(Br)cc2NC1=O. The maximum absolute atomic E-state index is 11.8. The number of benzene rings is 1. The van der Waals surface area contributed by atoms with Gasteiger partial charge in [-0.15, -0.1) is 0 Å². The van der Waals surface area contributed by atoms with Crippen LogP contribution in [0.2, 0.25) is 0 Å². The number of esters is 1. The molecule has 0 saturated heterocycles. The van der Waals surface area contributed by atoms with E-state index in [4.69, 9.17) is 4.74 Å². The van der Waals surface area contributed by atoms with E-state index >= 15 is 0 Å². The number of ether oxygens (including phenoxy) is 1. The van der Waals surface area contributed by atoms with Crippen LogP contribution in [0.15, 0.2) is 22.7 Å². The van der Waals surface area contributed by atoms with Crippen molar-refractivity contribution >= 4 is 33.5 Å². The zero-order chi connectivity index (χ0) is 12.4. The van der Waals surface area contributed by atoms with Gasteiger partial charge in [0.25, 0.3) is 0 Å². The van der Waals surface area contributed by atoms with Crippen LogP contribution >= 0.6 is 15.9 Å². The molecule has 1 atom stereocenters. The Morgan fingerprint density at radius 1 is 1.59 bits per heavy atom. The third kappa shape index (κ3) is 2.49. The monoisotopic (exact) mass is 297 g/mol. The number of halogens is 1. The number of rotatable bonds is 2. The van der Waals surface area contributed by atoms with Gasteiger partial charge in [-0.25, -0.2) is 0 Å². The summed E-state index contributed by atoms with van der Waals surface area (Å²) in [6.07, 6.45) is 0.396. The maximum Gasteiger partial charge on any atom is 0.318 e. The molecular weight excluding hydrogens is 286 g/mol. The smallest absolute Gasteiger partial charge is 0.318 e. The third-order valence-electron chi connectivity index (χ3n) is 2.64. The molecule has 0 radical (unpaired) electrons. The largest absolute Gasteiger partial charge is 0.465 e. The minimum atomic E-state index is -0.733. The standard InChI is InChI=1S/C12H12BrNO3/c1-2-17-12(16)9-5-7-3-4-8(13)6-10(7)14-11(9)15/h3-4,6,9H,2,5H2,1H3,(H,14,15)/t9-/m1/s1. The number of fused-ring (bicyclic) bond motifs is 1. The number of amides is 1. The van der Waals surface area contributed by atoms with E-state index in [9.17, 15) is 9.59 Å². The van der Waals surface area contributed by atoms with Crippen LogP contribution in [-0.2, 0) is 20.7 Å². The molecule has 17 heavy (non-hydrogen) atoms. The Morgan fingerprint density at radius 3 is 3.06 bits per heavy atom. The van der Waals surface area contributed by atoms with Gasteiger partial charge in [-0.05, 0) is 31.0 Å². The van der Waals surface area contributed by atoms with E-state index in [0.29, 0.717) is 6.42 Å². The molecule has 1 N–H and O–H groups in total. The summed E-state index contributed by atoms with van der Waals surface area (Å²) in [7, 11) is 0. The first-order chi connectivity index (χ1) is 8.11. The van der Waals surface area contributed by atoms with Gasteiger partial charge in [0.2, 0.25) is 5.91 Å². The molecule has 1 heterocycles. The summed E-state index contributed by atoms with van der Waals surface area (Å²) in [6, 6.07) is 5.61. The number of carbonyl (C=O) groups is 2. The van der Waals surface area contributed by atoms with Crippen molar-refractivity contribution in [3.63, 3.8) is 0 Å². The number of hydrogen-bond acceptors (Lipinski definition) is 3. The molecule has 0 aromatic heterocycles. The highest BCUT2D eigenvalue weighted by molar-refractivity contribution is 9.10. The van der Waals surface area contributed by atoms with Crippen molar-refractivity contribution in [2.24, 2.45) is 5.92 Å². The van der Waals surface area contributed by atoms with Crippen LogP contribution in [0, 0.1) is 5.92 Å². The molecule has 1 aromatic rings. The molecular formula is C12H12BrNO3. The van der Waals surface area contributed by atoms with Crippen LogP contribution in [0.5, 0.6) is 0 Å². The van der Waals surface area contributed by atoms with Crippen LogP contribution in [0.3, 0.4) is 0 Å². The summed E-state index contributed by atoms with van der Waals surface area (Å²) < 4.78 is 5.78. The van der Waals surface area contributed by atoms with E-state index in [1.807, 2.05) is 18.2 Å². The van der Waals surface area contributed by atoms with E-state index in [1.165, 1.54) is 0 Å². The van der Waals surface area contributed by atoms with Crippen LogP contribution in [0.4, 0.5) is 5.69 Å². The van der Waals surface area contributed by atoms with E-state index in [1.54, 1.807) is 6.92 Å². The van der Waals surface area contributed by atoms with Gasteiger partial charge in [0.05, 0.1) is 6.61 Å². The second-order valence-electron chi connectivity index (χ2n) is 3.80. The molecule has 0 unspecified atom stereocenters. The van der Waals surface area contributed by atoms with Crippen molar-refractivity contribution in [3.8, 4) is 0 Å². The Hall–Kier alpha value is -1.36. The van der Waals surface area contributed by atoms with Crippen molar-refractivity contribution in [1.29, 1.82) is 0 Å². The second kappa shape index (κ2) is 4.87. The molecule has 4 nitrogen and oxygen atoms in total. The first-order valence-electron chi connectivity index (χ1n) is 5.37. The number of hydrogen-bond donors (Lipinski definition) is 1. The lowest BCUT2D eigenvalue weighted by molar-refractivity contribution is -0.151. The lowest BCUT2D eigenvalue weighted by Crippen LogP contribution is -2.36. The van der Waals surface area contributed by atoms with Crippen LogP contribution < -0.4 is 5.32 Å². The summed E-state index contributed by atoms with van der Waals surface area (Å²) in [5.41, 5.74) is 1.70. The molecule has 90 valence electrons. The summed E-state index contributed by atoms with van der Waals surface area (Å²) in [6.45, 7) is 2.01. The van der Waals surface area contributed by atoms with Gasteiger partial charge in [0.15, 0.2) is 0 Å². The molecule has 1 aliphatic heterocycles. The Balaban J connectivity index is 2.24. The minimum absolute atomic E-state index is 0.288. The average molecular weight is 298 g/mol. The fraction of sp³-hybridized carbons (Fsp3) is 0.333. The van der Waals surface area contributed by atoms with Gasteiger partial charge in [0, 0.05) is 10.2 Å². The molecule has 2 rings (SSSR count). The van der Waals surface area contributed by atoms with Gasteiger partial charge in [-0.3, -0.25) is 9.59 Å². The molecule has 0 fully saturated rings. The van der Waals surface area contributed by atoms with Crippen LogP contribution in [0.1, 0.15) is 12.5 Å². The topological polar surface area (TPSA) is 55.4 Å². The molecule has 0 saturated carbocycles. The summed E-state index contributed by atoms with van der Waals surface area (Å²) in [4.78, 5) is 23.4. The molecule has 1 aliphatic rings. The van der Waals surface area contributed by atoms with Gasteiger partial charge in [0.1, 0.15) is 5.92 Å². The maximum atomic E-state index is 11.8. The van der Waals surface area contributed by atoms with Crippen LogP contribution in [0.25, 0.3) is 0 Å². The summed E-state index contributed by atoms with van der Waals surface area (Å²) in [5.74, 6) is -1.49. The molecule has 0 bridgehead atoms. The molecule has 1 amide bonds. The minimum Gasteiger partial charge on any atom is -0.465 e. The molecule has 1 aromatic carbocycles. The van der Waals surface area contributed by atoms with Crippen molar-refractivity contribution in [2.75, 3.05) is 11.9 Å². The Labute approximate surface area is 107 Å². The lowest BCUT2D eigenvalue weighted by atomic mass is 9.93. The summed E-state index contributed by atoms with van der Waals surface area (Å²) in [5, 5.41) is 2.72. The van der Waals surface area contributed by atoms with Gasteiger partial charge in [-0.1, -0.05) is 22.0 Å². The van der Waals surface area contributed by atoms with Crippen molar-refractivity contribution in [3.05, 3.63) is 28.2 Å². The number of nitrogens with one attached hydrogen (secondary N) is 1. The lowest BCUT2D eigenvalue weighted by Gasteiger charge is -2.23. The Kier molecular flexibility index (Phi) is 3.47. The predicted octanol–water partition coefficient (Wildman–Crippen LogP) is 2.12. The van der Waals surface area contributed by atoms with E-state index < -0.39 is 11.9 Å². The molecule has 0 aliphatic carbocycles. The fourth-order valence-corrected chi connectivity index (χ4v) is 2.17. The van der Waals surface area contributed by atoms with E-state index in [2.05, 4.69) is 21.2 Å². The highest BCUT2D eigenvalue weighted by Crippen LogP contribution is 2.28.